The van der Waals surface area contributed by atoms with Crippen LogP contribution in [0.25, 0.3) is 0 Å². The minimum Gasteiger partial charge on any atom is -0.285 e. The van der Waals surface area contributed by atoms with E-state index in [0.717, 1.165) is 0 Å². The van der Waals surface area contributed by atoms with Gasteiger partial charge in [0.2, 0.25) is 11.6 Å². The molecule has 24 heavy (non-hydrogen) atoms. The highest BCUT2D eigenvalue weighted by Crippen LogP contribution is 2.22. The highest BCUT2D eigenvalue weighted by atomic mass is 79.9. The van der Waals surface area contributed by atoms with Gasteiger partial charge in [-0.15, -0.1) is 0 Å². The average molecular weight is 582 g/mol. The van der Waals surface area contributed by atoms with Crippen molar-refractivity contribution in [3.05, 3.63) is 65.4 Å². The van der Waals surface area contributed by atoms with E-state index in [2.05, 4.69) is 63.7 Å². The van der Waals surface area contributed by atoms with E-state index in [1.807, 2.05) is 0 Å². The van der Waals surface area contributed by atoms with Gasteiger partial charge in [0, 0.05) is 29.0 Å². The van der Waals surface area contributed by atoms with Gasteiger partial charge < -0.3 is 0 Å². The Morgan fingerprint density at radius 2 is 0.750 bits per heavy atom. The van der Waals surface area contributed by atoms with Crippen molar-refractivity contribution in [1.82, 2.24) is 0 Å². The second-order valence-electron chi connectivity index (χ2n) is 4.63. The van der Waals surface area contributed by atoms with Crippen LogP contribution in [0.15, 0.2) is 54.3 Å². The molecule has 0 fully saturated rings. The molecule has 122 valence electrons. The van der Waals surface area contributed by atoms with Crippen molar-refractivity contribution in [2.24, 2.45) is 0 Å². The van der Waals surface area contributed by atoms with Gasteiger partial charge in [-0.2, -0.15) is 0 Å². The van der Waals surface area contributed by atoms with Crippen molar-refractivity contribution < 1.29 is 19.2 Å². The van der Waals surface area contributed by atoms with E-state index >= 15 is 0 Å². The molecule has 2 rings (SSSR count). The summed E-state index contributed by atoms with van der Waals surface area (Å²) in [6.45, 7) is 0. The van der Waals surface area contributed by atoms with E-state index < -0.39 is 23.1 Å². The molecule has 0 amide bonds. The first-order chi connectivity index (χ1) is 11.2. The predicted molar refractivity (Wildman–Crippen MR) is 102 cm³/mol. The molecule has 0 saturated heterocycles. The Balaban J connectivity index is 2.29. The molecule has 0 heterocycles. The summed E-state index contributed by atoms with van der Waals surface area (Å²) in [5, 5.41) is 0. The van der Waals surface area contributed by atoms with E-state index in [4.69, 9.17) is 0 Å². The summed E-state index contributed by atoms with van der Waals surface area (Å²) in [6.07, 6.45) is 0. The molecular formula is C16H6Br4O4. The molecule has 0 aliphatic rings. The predicted octanol–water partition coefficient (Wildman–Crippen LogP) is 4.94. The number of carbonyl (C=O) groups excluding carboxylic acids is 4. The van der Waals surface area contributed by atoms with Gasteiger partial charge in [-0.05, 0) is 36.4 Å². The molecule has 0 saturated carbocycles. The van der Waals surface area contributed by atoms with Gasteiger partial charge in [0.05, 0.1) is 0 Å². The van der Waals surface area contributed by atoms with Crippen LogP contribution in [-0.4, -0.2) is 23.1 Å². The maximum absolute atomic E-state index is 12.2. The van der Waals surface area contributed by atoms with Crippen molar-refractivity contribution in [2.75, 3.05) is 0 Å². The largest absolute Gasteiger partial charge is 0.285 e. The monoisotopic (exact) mass is 578 g/mol. The van der Waals surface area contributed by atoms with Crippen molar-refractivity contribution in [3.8, 4) is 0 Å². The van der Waals surface area contributed by atoms with E-state index in [1.54, 1.807) is 12.1 Å². The van der Waals surface area contributed by atoms with Crippen LogP contribution in [0.5, 0.6) is 0 Å². The summed E-state index contributed by atoms with van der Waals surface area (Å²) < 4.78 is 2.23. The van der Waals surface area contributed by atoms with E-state index in [1.165, 1.54) is 24.3 Å². The summed E-state index contributed by atoms with van der Waals surface area (Å²) in [4.78, 5) is 48.5. The first-order valence-electron chi connectivity index (χ1n) is 6.29. The molecule has 2 aromatic rings. The first kappa shape index (κ1) is 19.4. The van der Waals surface area contributed by atoms with Crippen LogP contribution < -0.4 is 0 Å². The van der Waals surface area contributed by atoms with Gasteiger partial charge in [0.1, 0.15) is 0 Å². The molecule has 0 aromatic heterocycles. The number of hydrogen-bond donors (Lipinski definition) is 0. The molecule has 0 aliphatic carbocycles. The molecular weight excluding hydrogens is 576 g/mol. The molecule has 0 aliphatic heterocycles. The van der Waals surface area contributed by atoms with Crippen molar-refractivity contribution >= 4 is 86.9 Å². The van der Waals surface area contributed by atoms with Crippen molar-refractivity contribution in [3.63, 3.8) is 0 Å². The maximum Gasteiger partial charge on any atom is 0.277 e. The zero-order chi connectivity index (χ0) is 18.0. The van der Waals surface area contributed by atoms with Crippen LogP contribution in [0.1, 0.15) is 20.7 Å². The number of carbonyl (C=O) groups is 4. The van der Waals surface area contributed by atoms with E-state index in [0.29, 0.717) is 17.9 Å². The average Bonchev–Trinajstić information content (AvgIpc) is 2.50. The molecule has 0 atom stereocenters. The highest BCUT2D eigenvalue weighted by Gasteiger charge is 2.31. The van der Waals surface area contributed by atoms with Crippen LogP contribution >= 0.6 is 63.7 Å². The van der Waals surface area contributed by atoms with Gasteiger partial charge in [-0.25, -0.2) is 0 Å². The smallest absolute Gasteiger partial charge is 0.277 e. The summed E-state index contributed by atoms with van der Waals surface area (Å²) in [7, 11) is 0. The Labute approximate surface area is 170 Å². The summed E-state index contributed by atoms with van der Waals surface area (Å²) >= 11 is 12.8. The van der Waals surface area contributed by atoms with Gasteiger partial charge in [0.25, 0.3) is 11.6 Å². The third-order valence-electron chi connectivity index (χ3n) is 2.87. The number of rotatable bonds is 5. The minimum absolute atomic E-state index is 0.0119. The van der Waals surface area contributed by atoms with Gasteiger partial charge in [-0.3, -0.25) is 19.2 Å². The highest BCUT2D eigenvalue weighted by molar-refractivity contribution is 9.11. The second kappa shape index (κ2) is 7.95. The van der Waals surface area contributed by atoms with Crippen LogP contribution in [0.3, 0.4) is 0 Å². The fourth-order valence-electron chi connectivity index (χ4n) is 1.84. The Hall–Kier alpha value is -0.960. The Morgan fingerprint density at radius 3 is 1.00 bits per heavy atom. The summed E-state index contributed by atoms with van der Waals surface area (Å²) in [5.41, 5.74) is 0.0237. The lowest BCUT2D eigenvalue weighted by Crippen LogP contribution is -2.30. The summed E-state index contributed by atoms with van der Waals surface area (Å²) in [6, 6.07) is 8.95. The lowest BCUT2D eigenvalue weighted by molar-refractivity contribution is -0.131. The molecule has 8 heteroatoms. The Kier molecular flexibility index (Phi) is 6.41. The minimum atomic E-state index is -1.37. The fourth-order valence-corrected chi connectivity index (χ4v) is 4.43. The quantitative estimate of drug-likeness (QED) is 0.285. The number of hydrogen-bond acceptors (Lipinski definition) is 4. The number of halogens is 4. The first-order valence-corrected chi connectivity index (χ1v) is 9.46. The van der Waals surface area contributed by atoms with Gasteiger partial charge >= 0.3 is 0 Å². The molecule has 0 N–H and O–H groups in total. The molecule has 0 radical (unpaired) electrons. The van der Waals surface area contributed by atoms with Gasteiger partial charge in [0.15, 0.2) is 0 Å². The Morgan fingerprint density at radius 1 is 0.500 bits per heavy atom. The number of Topliss-reactive ketones (excluding diaryl/α,β-unsaturated/α-hetero) is 4. The molecule has 0 spiro atoms. The second-order valence-corrected chi connectivity index (χ2v) is 8.30. The molecule has 4 nitrogen and oxygen atoms in total. The number of ketones is 4. The molecule has 0 unspecified atom stereocenters. The normalized spacial score (nSPS) is 10.3. The zero-order valence-electron chi connectivity index (χ0n) is 11.6. The molecule has 2 aromatic carbocycles. The zero-order valence-corrected chi connectivity index (χ0v) is 18.0. The lowest BCUT2D eigenvalue weighted by Gasteiger charge is -2.03. The van der Waals surface area contributed by atoms with Crippen molar-refractivity contribution in [1.29, 1.82) is 0 Å². The topological polar surface area (TPSA) is 68.3 Å². The molecule has 0 bridgehead atoms. The standard InChI is InChI=1S/C16H6Br4O4/c17-9-1-7(2-10(18)5-9)13(21)15(23)16(24)14(22)8-3-11(19)6-12(20)4-8/h1-6H. The Bertz CT molecular complexity index is 776. The SMILES string of the molecule is O=C(C(=O)C(=O)c1cc(Br)cc(Br)c1)C(=O)c1cc(Br)cc(Br)c1. The number of benzene rings is 2. The van der Waals surface area contributed by atoms with Crippen LogP contribution in [0, 0.1) is 0 Å². The van der Waals surface area contributed by atoms with Crippen LogP contribution in [0.4, 0.5) is 0 Å². The van der Waals surface area contributed by atoms with Crippen LogP contribution in [0.2, 0.25) is 0 Å². The van der Waals surface area contributed by atoms with Crippen LogP contribution in [-0.2, 0) is 9.59 Å². The van der Waals surface area contributed by atoms with Crippen molar-refractivity contribution in [2.45, 2.75) is 0 Å². The maximum atomic E-state index is 12.2. The summed E-state index contributed by atoms with van der Waals surface area (Å²) in [5.74, 6) is -4.82. The van der Waals surface area contributed by atoms with E-state index in [9.17, 15) is 19.2 Å². The van der Waals surface area contributed by atoms with E-state index in [-0.39, 0.29) is 11.1 Å². The third kappa shape index (κ3) is 4.56. The third-order valence-corrected chi connectivity index (χ3v) is 4.70. The lowest BCUT2D eigenvalue weighted by atomic mass is 9.99. The van der Waals surface area contributed by atoms with Gasteiger partial charge in [-0.1, -0.05) is 63.7 Å². The fraction of sp³-hybridized carbons (Fsp3) is 0.